The van der Waals surface area contributed by atoms with Gasteiger partial charge in [-0.05, 0) is 18.1 Å². The summed E-state index contributed by atoms with van der Waals surface area (Å²) >= 11 is 0. The van der Waals surface area contributed by atoms with Crippen LogP contribution in [0.1, 0.15) is 17.6 Å². The van der Waals surface area contributed by atoms with E-state index in [0.29, 0.717) is 11.2 Å². The highest BCUT2D eigenvalue weighted by Crippen LogP contribution is 2.33. The number of nitrogens with zero attached hydrogens (tertiary/aromatic N) is 4. The number of rotatable bonds is 2. The average molecular weight is 661 g/mol. The van der Waals surface area contributed by atoms with Crippen LogP contribution in [0, 0.1) is 11.8 Å². The summed E-state index contributed by atoms with van der Waals surface area (Å²) in [7, 11) is -13.9. The number of aliphatic hydroxyl groups excluding tert-OH is 3. The predicted octanol–water partition coefficient (Wildman–Crippen LogP) is -3.37. The third kappa shape index (κ3) is 14.5. The Morgan fingerprint density at radius 3 is 1.79 bits per heavy atom. The third-order valence-electron chi connectivity index (χ3n) is 4.37. The lowest BCUT2D eigenvalue weighted by Crippen LogP contribution is -2.33. The molecule has 4 rings (SSSR count). The number of nitrogen functional groups attached to an aromatic ring is 1. The zero-order valence-corrected chi connectivity index (χ0v) is 23.4. The van der Waals surface area contributed by atoms with E-state index in [1.165, 1.54) is 10.9 Å². The molecule has 1 saturated heterocycles. The van der Waals surface area contributed by atoms with Gasteiger partial charge in [0.05, 0.1) is 6.61 Å². The van der Waals surface area contributed by atoms with Crippen molar-refractivity contribution in [2.45, 2.75) is 24.5 Å². The van der Waals surface area contributed by atoms with Gasteiger partial charge in [0.2, 0.25) is 0 Å². The van der Waals surface area contributed by atoms with Gasteiger partial charge < -0.3 is 69.8 Å². The minimum Gasteiger partial charge on any atom is -0.394 e. The van der Waals surface area contributed by atoms with Gasteiger partial charge in [-0.2, -0.15) is 0 Å². The number of ether oxygens (including phenoxy) is 1. The summed E-state index contributed by atoms with van der Waals surface area (Å²) in [5.74, 6) is 6.33. The lowest BCUT2D eigenvalue weighted by atomic mass is 10.1. The summed E-state index contributed by atoms with van der Waals surface area (Å²) in [6.45, 7) is -0.441. The van der Waals surface area contributed by atoms with Crippen LogP contribution in [0.5, 0.6) is 0 Å². The number of hydrogen-bond acceptors (Lipinski definition) is 11. The molecule has 234 valence electrons. The minimum absolute atomic E-state index is 0.160. The molecule has 1 aromatic carbocycles. The molecule has 0 amide bonds. The van der Waals surface area contributed by atoms with E-state index in [-0.39, 0.29) is 11.6 Å². The monoisotopic (exact) mass is 661 g/mol. The van der Waals surface area contributed by atoms with Gasteiger partial charge in [0.25, 0.3) is 0 Å². The minimum atomic E-state index is -4.64. The lowest BCUT2D eigenvalue weighted by Gasteiger charge is -2.17. The van der Waals surface area contributed by atoms with Crippen molar-refractivity contribution in [3.8, 4) is 11.8 Å². The second-order valence-corrected chi connectivity index (χ2v) is 10.7. The Balaban J connectivity index is 0.000000488. The zero-order chi connectivity index (χ0) is 32.5. The van der Waals surface area contributed by atoms with Crippen LogP contribution in [-0.2, 0) is 18.4 Å². The molecule has 2 aromatic heterocycles. The fourth-order valence-electron chi connectivity index (χ4n) is 3.00. The van der Waals surface area contributed by atoms with Crippen LogP contribution in [0.3, 0.4) is 0 Å². The van der Waals surface area contributed by atoms with E-state index < -0.39 is 54.6 Å². The first kappa shape index (κ1) is 37.3. The fourth-order valence-corrected chi connectivity index (χ4v) is 3.00. The van der Waals surface area contributed by atoms with Gasteiger partial charge in [-0.1, -0.05) is 24.1 Å². The molecule has 0 saturated carbocycles. The van der Waals surface area contributed by atoms with Gasteiger partial charge in [0.1, 0.15) is 24.6 Å². The Labute approximate surface area is 234 Å². The second-order valence-electron chi connectivity index (χ2n) is 7.62. The summed E-state index contributed by atoms with van der Waals surface area (Å²) < 4.78 is 33.7. The van der Waals surface area contributed by atoms with Gasteiger partial charge >= 0.3 is 23.5 Å². The smallest absolute Gasteiger partial charge is 0.394 e. The maximum absolute atomic E-state index is 10.4. The number of benzene rings is 1. The highest BCUT2D eigenvalue weighted by molar-refractivity contribution is 7.45. The number of aliphatic hydroxyl groups is 3. The molecular weight excluding hydrogens is 635 g/mol. The zero-order valence-electron chi connectivity index (χ0n) is 20.7. The normalized spacial score (nSPS) is 20.1. The van der Waals surface area contributed by atoms with Crippen molar-refractivity contribution in [3.63, 3.8) is 0 Å². The van der Waals surface area contributed by atoms with E-state index in [9.17, 15) is 15.3 Å². The highest BCUT2D eigenvalue weighted by atomic mass is 31.2. The number of aromatic nitrogens is 4. The Morgan fingerprint density at radius 1 is 0.833 bits per heavy atom. The van der Waals surface area contributed by atoms with Crippen molar-refractivity contribution < 1.29 is 77.8 Å². The molecule has 1 aliphatic heterocycles. The van der Waals surface area contributed by atoms with Gasteiger partial charge in [-0.25, -0.2) is 28.6 Å². The lowest BCUT2D eigenvalue weighted by molar-refractivity contribution is -0.0514. The van der Waals surface area contributed by atoms with E-state index in [2.05, 4.69) is 26.8 Å². The van der Waals surface area contributed by atoms with Gasteiger partial charge in [-0.3, -0.25) is 4.57 Å². The van der Waals surface area contributed by atoms with Crippen LogP contribution in [0.15, 0.2) is 36.7 Å². The molecule has 24 heteroatoms. The van der Waals surface area contributed by atoms with Gasteiger partial charge in [0, 0.05) is 5.56 Å². The molecule has 0 bridgehead atoms. The number of imidazole rings is 1. The van der Waals surface area contributed by atoms with Crippen LogP contribution in [0.25, 0.3) is 11.2 Å². The molecule has 0 aliphatic carbocycles. The number of hydrogen-bond donors (Lipinski definition) is 13. The van der Waals surface area contributed by atoms with Crippen molar-refractivity contribution in [3.05, 3.63) is 48.0 Å². The molecule has 1 fully saturated rings. The molecule has 1 aliphatic rings. The van der Waals surface area contributed by atoms with Crippen molar-refractivity contribution >= 4 is 40.4 Å². The molecule has 0 spiro atoms. The molecule has 3 heterocycles. The molecule has 0 unspecified atom stereocenters. The number of anilines is 1. The molecular formula is C18H26N5O16P3. The third-order valence-corrected chi connectivity index (χ3v) is 4.37. The van der Waals surface area contributed by atoms with Crippen LogP contribution in [0.4, 0.5) is 5.82 Å². The first-order valence-corrected chi connectivity index (χ1v) is 15.3. The van der Waals surface area contributed by atoms with E-state index >= 15 is 0 Å². The molecule has 14 N–H and O–H groups in total. The van der Waals surface area contributed by atoms with Crippen molar-refractivity contribution in [2.24, 2.45) is 0 Å². The fraction of sp³-hybridized carbons (Fsp3) is 0.278. The van der Waals surface area contributed by atoms with Crippen LogP contribution in [-0.4, -0.2) is 104 Å². The maximum atomic E-state index is 10.4. The maximum Gasteiger partial charge on any atom is 0.466 e. The molecule has 21 nitrogen and oxygen atoms in total. The molecule has 42 heavy (non-hydrogen) atoms. The quantitative estimate of drug-likeness (QED) is 0.0941. The Kier molecular flexibility index (Phi) is 13.9. The summed E-state index contributed by atoms with van der Waals surface area (Å²) in [6.07, 6.45) is -3.25. The topological polar surface area (TPSA) is 373 Å². The van der Waals surface area contributed by atoms with Gasteiger partial charge in [-0.15, -0.1) is 0 Å². The van der Waals surface area contributed by atoms with Crippen molar-refractivity contribution in [1.29, 1.82) is 0 Å². The van der Waals surface area contributed by atoms with Crippen LogP contribution < -0.4 is 5.73 Å². The molecule has 0 radical (unpaired) electrons. The summed E-state index contributed by atoms with van der Waals surface area (Å²) in [5, 5.41) is 29.9. The molecule has 3 aromatic rings. The number of phosphoric acid groups is 3. The summed E-state index contributed by atoms with van der Waals surface area (Å²) in [4.78, 5) is 77.2. The first-order valence-electron chi connectivity index (χ1n) is 10.6. The van der Waals surface area contributed by atoms with Gasteiger partial charge in [0.15, 0.2) is 29.0 Å². The van der Waals surface area contributed by atoms with Crippen molar-refractivity contribution in [1.82, 2.24) is 19.5 Å². The summed E-state index contributed by atoms with van der Waals surface area (Å²) in [5.41, 5.74) is 7.29. The standard InChI is InChI=1S/C18H17N5O4.3H3O4P/c19-16-13-17(21-9-20-16)23(18-15(26)14(25)11(8-24)27-18)12(22-13)7-6-10-4-2-1-3-5-10;3*1-5(2,3)4/h1-5,9,11,14-15,18,24-26H,8H2,(H2,19,20,21);3*(H3,1,2,3,4)/t11-,14-,15-,18-;;;/m1.../s1. The Bertz CT molecular complexity index is 1440. The average Bonchev–Trinajstić information content (AvgIpc) is 3.33. The number of nitrogens with two attached hydrogens (primary N) is 1. The first-order chi connectivity index (χ1) is 19.1. The Hall–Kier alpha value is -2.70. The van der Waals surface area contributed by atoms with E-state index in [1.807, 2.05) is 30.3 Å². The highest BCUT2D eigenvalue weighted by Gasteiger charge is 2.44. The van der Waals surface area contributed by atoms with Crippen LogP contribution >= 0.6 is 23.5 Å². The Morgan fingerprint density at radius 2 is 1.33 bits per heavy atom. The largest absolute Gasteiger partial charge is 0.466 e. The van der Waals surface area contributed by atoms with E-state index in [0.717, 1.165) is 5.56 Å². The summed E-state index contributed by atoms with van der Waals surface area (Å²) in [6, 6.07) is 9.31. The predicted molar refractivity (Wildman–Crippen MR) is 138 cm³/mol. The van der Waals surface area contributed by atoms with Crippen LogP contribution in [0.2, 0.25) is 0 Å². The number of fused-ring (bicyclic) bond motifs is 1. The van der Waals surface area contributed by atoms with Crippen molar-refractivity contribution in [2.75, 3.05) is 12.3 Å². The second kappa shape index (κ2) is 15.7. The van der Waals surface area contributed by atoms with E-state index in [1.54, 1.807) is 0 Å². The molecule has 4 atom stereocenters. The van der Waals surface area contributed by atoms with E-state index in [4.69, 9.17) is 68.2 Å². The SMILES string of the molecule is Nc1ncnc2c1nc(C#Cc1ccccc1)n2[C@@H]1O[C@H](CO)[C@@H](O)[C@H]1O.O=P(O)(O)O.O=P(O)(O)O.O=P(O)(O)O.